The Morgan fingerprint density at radius 3 is 2.61 bits per heavy atom. The van der Waals surface area contributed by atoms with Crippen LogP contribution in [0.25, 0.3) is 10.9 Å². The first-order valence-corrected chi connectivity index (χ1v) is 13.5. The van der Waals surface area contributed by atoms with Crippen molar-refractivity contribution in [3.63, 3.8) is 0 Å². The van der Waals surface area contributed by atoms with E-state index in [2.05, 4.69) is 15.3 Å². The third kappa shape index (κ3) is 5.57. The molecule has 1 saturated carbocycles. The molecule has 2 aromatic carbocycles. The standard InChI is InChI=1S/C28H33ClFN5O3/c1-34(27(36)35-14-4-3-5-15-35)20-10-12-28(13-11-20,33-19-6-9-24(30)23(29)16-19)38-26-22-8-7-21(37-2)17-25(22)31-18-32-26/h6-9,16-18,20,33H,3-5,10-15H2,1-2H3. The number of ether oxygens (including phenoxy) is 2. The van der Waals surface area contributed by atoms with Gasteiger partial charge in [-0.3, -0.25) is 0 Å². The van der Waals surface area contributed by atoms with Gasteiger partial charge in [0.15, 0.2) is 5.72 Å². The topological polar surface area (TPSA) is 79.8 Å². The summed E-state index contributed by atoms with van der Waals surface area (Å²) in [5, 5.41) is 4.27. The van der Waals surface area contributed by atoms with Gasteiger partial charge in [-0.25, -0.2) is 19.2 Å². The van der Waals surface area contributed by atoms with Gasteiger partial charge in [0, 0.05) is 50.8 Å². The molecule has 2 aliphatic rings. The number of fused-ring (bicyclic) bond motifs is 1. The van der Waals surface area contributed by atoms with Gasteiger partial charge in [0.2, 0.25) is 5.88 Å². The lowest BCUT2D eigenvalue weighted by molar-refractivity contribution is 0.0280. The van der Waals surface area contributed by atoms with Gasteiger partial charge in [-0.15, -0.1) is 0 Å². The number of urea groups is 1. The maximum Gasteiger partial charge on any atom is 0.319 e. The summed E-state index contributed by atoms with van der Waals surface area (Å²) in [7, 11) is 3.51. The molecule has 1 saturated heterocycles. The van der Waals surface area contributed by atoms with Crippen molar-refractivity contribution in [1.82, 2.24) is 19.8 Å². The number of halogens is 2. The summed E-state index contributed by atoms with van der Waals surface area (Å²) in [6.45, 7) is 1.64. The molecule has 1 aliphatic heterocycles. The Kier molecular flexibility index (Phi) is 7.74. The van der Waals surface area contributed by atoms with Crippen LogP contribution in [0.4, 0.5) is 14.9 Å². The minimum Gasteiger partial charge on any atom is -0.497 e. The molecule has 10 heteroatoms. The Morgan fingerprint density at radius 2 is 1.89 bits per heavy atom. The Morgan fingerprint density at radius 1 is 1.13 bits per heavy atom. The Labute approximate surface area is 227 Å². The smallest absolute Gasteiger partial charge is 0.319 e. The number of piperidine rings is 1. The summed E-state index contributed by atoms with van der Waals surface area (Å²) < 4.78 is 25.9. The lowest BCUT2D eigenvalue weighted by Gasteiger charge is -2.44. The first kappa shape index (κ1) is 26.3. The number of nitrogens with one attached hydrogen (secondary N) is 1. The number of rotatable bonds is 6. The van der Waals surface area contributed by atoms with Crippen LogP contribution in [0.1, 0.15) is 44.9 Å². The van der Waals surface area contributed by atoms with E-state index in [9.17, 15) is 9.18 Å². The summed E-state index contributed by atoms with van der Waals surface area (Å²) in [5.74, 6) is 0.650. The van der Waals surface area contributed by atoms with Gasteiger partial charge in [0.1, 0.15) is 17.9 Å². The number of amides is 2. The van der Waals surface area contributed by atoms with Crippen molar-refractivity contribution in [3.8, 4) is 11.6 Å². The van der Waals surface area contributed by atoms with Crippen molar-refractivity contribution >= 4 is 34.2 Å². The quantitative estimate of drug-likeness (QED) is 0.380. The lowest BCUT2D eigenvalue weighted by Crippen LogP contribution is -2.53. The zero-order chi connectivity index (χ0) is 26.7. The SMILES string of the molecule is COc1ccc2c(OC3(Nc4ccc(F)c(Cl)c4)CCC(N(C)C(=O)N4CCCCC4)CC3)ncnc2c1. The van der Waals surface area contributed by atoms with Crippen LogP contribution < -0.4 is 14.8 Å². The lowest BCUT2D eigenvalue weighted by atomic mass is 9.86. The van der Waals surface area contributed by atoms with E-state index in [0.717, 1.165) is 44.2 Å². The number of carbonyl (C=O) groups excluding carboxylic acids is 1. The zero-order valence-corrected chi connectivity index (χ0v) is 22.5. The number of benzene rings is 2. The van der Waals surface area contributed by atoms with Gasteiger partial charge in [-0.05, 0) is 62.4 Å². The van der Waals surface area contributed by atoms with Gasteiger partial charge < -0.3 is 24.6 Å². The molecule has 3 aromatic rings. The minimum atomic E-state index is -0.839. The Balaban J connectivity index is 1.39. The Bertz CT molecular complexity index is 1290. The third-order valence-corrected chi connectivity index (χ3v) is 7.92. The number of hydrogen-bond acceptors (Lipinski definition) is 6. The number of methoxy groups -OCH3 is 1. The van der Waals surface area contributed by atoms with Crippen LogP contribution in [0.5, 0.6) is 11.6 Å². The fraction of sp³-hybridized carbons (Fsp3) is 0.464. The number of nitrogens with zero attached hydrogens (tertiary/aromatic N) is 4. The van der Waals surface area contributed by atoms with Gasteiger partial charge >= 0.3 is 6.03 Å². The average molecular weight is 542 g/mol. The maximum absolute atomic E-state index is 13.9. The second-order valence-electron chi connectivity index (χ2n) is 10.1. The molecule has 202 valence electrons. The molecule has 0 unspecified atom stereocenters. The molecule has 2 amide bonds. The molecule has 0 radical (unpaired) electrons. The summed E-state index contributed by atoms with van der Waals surface area (Å²) >= 11 is 6.08. The highest BCUT2D eigenvalue weighted by atomic mass is 35.5. The first-order valence-electron chi connectivity index (χ1n) is 13.1. The minimum absolute atomic E-state index is 0.0327. The van der Waals surface area contributed by atoms with Gasteiger partial charge in [-0.2, -0.15) is 0 Å². The molecule has 8 nitrogen and oxygen atoms in total. The van der Waals surface area contributed by atoms with E-state index in [4.69, 9.17) is 21.1 Å². The predicted octanol–water partition coefficient (Wildman–Crippen LogP) is 6.10. The zero-order valence-electron chi connectivity index (χ0n) is 21.8. The van der Waals surface area contributed by atoms with E-state index >= 15 is 0 Å². The van der Waals surface area contributed by atoms with Crippen LogP contribution in [0.2, 0.25) is 5.02 Å². The van der Waals surface area contributed by atoms with Gasteiger partial charge in [-0.1, -0.05) is 11.6 Å². The number of aromatic nitrogens is 2. The van der Waals surface area contributed by atoms with E-state index in [-0.39, 0.29) is 17.1 Å². The second-order valence-corrected chi connectivity index (χ2v) is 10.5. The summed E-state index contributed by atoms with van der Waals surface area (Å²) in [5.41, 5.74) is 0.510. The van der Waals surface area contributed by atoms with E-state index in [1.807, 2.05) is 35.0 Å². The number of likely N-dealkylation sites (tertiary alicyclic amines) is 1. The fourth-order valence-electron chi connectivity index (χ4n) is 5.42. The van der Waals surface area contributed by atoms with Gasteiger partial charge in [0.25, 0.3) is 0 Å². The number of anilines is 1. The van der Waals surface area contributed by atoms with E-state index in [1.165, 1.54) is 18.8 Å². The van der Waals surface area contributed by atoms with Crippen LogP contribution in [0.15, 0.2) is 42.7 Å². The van der Waals surface area contributed by atoms with E-state index < -0.39 is 11.5 Å². The summed E-state index contributed by atoms with van der Waals surface area (Å²) in [6.07, 6.45) is 7.44. The average Bonchev–Trinajstić information content (AvgIpc) is 2.95. The summed E-state index contributed by atoms with van der Waals surface area (Å²) in [6, 6.07) is 10.3. The molecule has 0 spiro atoms. The molecule has 2 fully saturated rings. The van der Waals surface area contributed by atoms with Crippen LogP contribution in [0, 0.1) is 5.82 Å². The van der Waals surface area contributed by atoms with Crippen molar-refractivity contribution in [2.75, 3.05) is 32.6 Å². The predicted molar refractivity (Wildman–Crippen MR) is 145 cm³/mol. The molecule has 2 heterocycles. The molecule has 5 rings (SSSR count). The van der Waals surface area contributed by atoms with Crippen LogP contribution in [0.3, 0.4) is 0 Å². The molecule has 0 atom stereocenters. The molecule has 1 aromatic heterocycles. The molecular weight excluding hydrogens is 509 g/mol. The first-order chi connectivity index (χ1) is 18.4. The molecule has 38 heavy (non-hydrogen) atoms. The van der Waals surface area contributed by atoms with Gasteiger partial charge in [0.05, 0.1) is 23.0 Å². The summed E-state index contributed by atoms with van der Waals surface area (Å²) in [4.78, 5) is 25.8. The van der Waals surface area contributed by atoms with Crippen molar-refractivity contribution < 1.29 is 18.7 Å². The highest BCUT2D eigenvalue weighted by molar-refractivity contribution is 6.31. The maximum atomic E-state index is 13.9. The highest BCUT2D eigenvalue weighted by Crippen LogP contribution is 2.38. The monoisotopic (exact) mass is 541 g/mol. The molecule has 1 N–H and O–H groups in total. The van der Waals surface area contributed by atoms with Crippen molar-refractivity contribution in [2.24, 2.45) is 0 Å². The number of hydrogen-bond donors (Lipinski definition) is 1. The highest BCUT2D eigenvalue weighted by Gasteiger charge is 2.41. The van der Waals surface area contributed by atoms with Crippen LogP contribution in [-0.2, 0) is 0 Å². The fourth-order valence-corrected chi connectivity index (χ4v) is 5.60. The normalized spacial score (nSPS) is 21.7. The Hall–Kier alpha value is -3.33. The second kappa shape index (κ2) is 11.2. The van der Waals surface area contributed by atoms with Crippen molar-refractivity contribution in [1.29, 1.82) is 0 Å². The molecule has 0 bridgehead atoms. The van der Waals surface area contributed by atoms with Crippen molar-refractivity contribution in [2.45, 2.75) is 56.7 Å². The van der Waals surface area contributed by atoms with Crippen LogP contribution >= 0.6 is 11.6 Å². The van der Waals surface area contributed by atoms with E-state index in [1.54, 1.807) is 19.2 Å². The number of carbonyl (C=O) groups is 1. The van der Waals surface area contributed by atoms with E-state index in [0.29, 0.717) is 35.7 Å². The largest absolute Gasteiger partial charge is 0.497 e. The third-order valence-electron chi connectivity index (χ3n) is 7.63. The van der Waals surface area contributed by atoms with Crippen LogP contribution in [-0.4, -0.2) is 64.8 Å². The van der Waals surface area contributed by atoms with Crippen molar-refractivity contribution in [3.05, 3.63) is 53.6 Å². The molecule has 1 aliphatic carbocycles. The molecular formula is C28H33ClFN5O3.